The minimum absolute atomic E-state index is 0.0312. The fourth-order valence-corrected chi connectivity index (χ4v) is 6.16. The summed E-state index contributed by atoms with van der Waals surface area (Å²) in [6, 6.07) is 12.5. The molecule has 2 aromatic heterocycles. The number of fused-ring (bicyclic) bond motifs is 3. The van der Waals surface area contributed by atoms with Crippen LogP contribution in [0.15, 0.2) is 41.8 Å². The Morgan fingerprint density at radius 2 is 1.79 bits per heavy atom. The second-order valence-corrected chi connectivity index (χ2v) is 10.9. The number of aryl methyl sites for hydroxylation is 1. The highest BCUT2D eigenvalue weighted by molar-refractivity contribution is 7.17. The highest BCUT2D eigenvalue weighted by Gasteiger charge is 2.48. The molecule has 33 heavy (non-hydrogen) atoms. The molecule has 1 N–H and O–H groups in total. The van der Waals surface area contributed by atoms with Crippen LogP contribution in [0.2, 0.25) is 0 Å². The van der Waals surface area contributed by atoms with Crippen LogP contribution in [0.1, 0.15) is 73.5 Å². The van der Waals surface area contributed by atoms with Crippen molar-refractivity contribution in [3.63, 3.8) is 0 Å². The summed E-state index contributed by atoms with van der Waals surface area (Å²) < 4.78 is 3.15. The zero-order chi connectivity index (χ0) is 23.0. The topological polar surface area (TPSA) is 54.3 Å². The standard InChI is InChI=1S/C27H33N3O2S/c1-19-10-12-20(13-11-19)17-30-25(31)23-16-24-22(14-15-33-24)29(23)18-27(30,2)26(32)28-21-8-6-4-3-5-7-9-21/h10-16,21H,3-9,17-18H2,1-2H3,(H,28,32)/t27-/m1/s1. The van der Waals surface area contributed by atoms with Gasteiger partial charge in [0.2, 0.25) is 5.91 Å². The quantitative estimate of drug-likeness (QED) is 0.543. The molecule has 1 aliphatic carbocycles. The van der Waals surface area contributed by atoms with Crippen molar-refractivity contribution in [2.75, 3.05) is 0 Å². The Labute approximate surface area is 199 Å². The minimum atomic E-state index is -0.953. The molecule has 2 aliphatic rings. The maximum Gasteiger partial charge on any atom is 0.271 e. The molecule has 6 heteroatoms. The number of hydrogen-bond acceptors (Lipinski definition) is 3. The second kappa shape index (κ2) is 8.98. The molecule has 0 unspecified atom stereocenters. The Kier molecular flexibility index (Phi) is 6.04. The minimum Gasteiger partial charge on any atom is -0.351 e. The van der Waals surface area contributed by atoms with Gasteiger partial charge in [0.05, 0.1) is 16.8 Å². The molecule has 0 radical (unpaired) electrons. The molecule has 5 rings (SSSR count). The summed E-state index contributed by atoms with van der Waals surface area (Å²) in [5, 5.41) is 5.41. The molecule has 1 aromatic carbocycles. The van der Waals surface area contributed by atoms with Gasteiger partial charge in [-0.1, -0.05) is 61.9 Å². The third kappa shape index (κ3) is 4.21. The zero-order valence-electron chi connectivity index (χ0n) is 19.6. The van der Waals surface area contributed by atoms with Crippen molar-refractivity contribution >= 4 is 33.4 Å². The number of carbonyl (C=O) groups excluding carboxylic acids is 2. The van der Waals surface area contributed by atoms with Crippen LogP contribution < -0.4 is 5.32 Å². The van der Waals surface area contributed by atoms with Crippen molar-refractivity contribution in [2.45, 2.75) is 83.5 Å². The van der Waals surface area contributed by atoms with Gasteiger partial charge in [-0.15, -0.1) is 11.3 Å². The first kappa shape index (κ1) is 22.2. The number of carbonyl (C=O) groups is 2. The first-order valence-corrected chi connectivity index (χ1v) is 13.1. The molecule has 5 nitrogen and oxygen atoms in total. The molecule has 3 aromatic rings. The smallest absolute Gasteiger partial charge is 0.271 e. The van der Waals surface area contributed by atoms with E-state index in [0.717, 1.165) is 41.5 Å². The van der Waals surface area contributed by atoms with Crippen molar-refractivity contribution in [1.29, 1.82) is 0 Å². The summed E-state index contributed by atoms with van der Waals surface area (Å²) in [5.74, 6) is -0.100. The zero-order valence-corrected chi connectivity index (χ0v) is 20.4. The number of amides is 2. The Morgan fingerprint density at radius 3 is 2.52 bits per heavy atom. The van der Waals surface area contributed by atoms with Crippen molar-refractivity contribution in [3.05, 3.63) is 58.6 Å². The molecule has 1 atom stereocenters. The Morgan fingerprint density at radius 1 is 1.09 bits per heavy atom. The Bertz CT molecular complexity index is 1150. The van der Waals surface area contributed by atoms with Gasteiger partial charge >= 0.3 is 0 Å². The van der Waals surface area contributed by atoms with Gasteiger partial charge in [-0.3, -0.25) is 9.59 Å². The lowest BCUT2D eigenvalue weighted by molar-refractivity contribution is -0.134. The first-order chi connectivity index (χ1) is 16.0. The molecule has 0 spiro atoms. The molecular formula is C27H33N3O2S. The number of aromatic nitrogens is 1. The lowest BCUT2D eigenvalue weighted by atomic mass is 9.91. The van der Waals surface area contributed by atoms with E-state index in [1.54, 1.807) is 16.2 Å². The largest absolute Gasteiger partial charge is 0.351 e. The van der Waals surface area contributed by atoms with Gasteiger partial charge in [0.1, 0.15) is 11.2 Å². The van der Waals surface area contributed by atoms with Crippen LogP contribution in [0.4, 0.5) is 0 Å². The van der Waals surface area contributed by atoms with E-state index in [1.807, 2.05) is 18.4 Å². The van der Waals surface area contributed by atoms with E-state index in [4.69, 9.17) is 0 Å². The van der Waals surface area contributed by atoms with Crippen LogP contribution in [0, 0.1) is 6.92 Å². The molecule has 0 saturated heterocycles. The average Bonchev–Trinajstić information content (AvgIpc) is 3.36. The van der Waals surface area contributed by atoms with Crippen LogP contribution in [0.3, 0.4) is 0 Å². The Hall–Kier alpha value is -2.60. The fraction of sp³-hybridized carbons (Fsp3) is 0.481. The maximum atomic E-state index is 13.9. The van der Waals surface area contributed by atoms with Gasteiger partial charge in [0.15, 0.2) is 0 Å². The molecule has 1 aliphatic heterocycles. The molecule has 3 heterocycles. The SMILES string of the molecule is Cc1ccc(CN2C(=O)c3cc4sccc4n3C[C@]2(C)C(=O)NC2CCCCCCC2)cc1. The lowest BCUT2D eigenvalue weighted by Crippen LogP contribution is -2.64. The van der Waals surface area contributed by atoms with Crippen LogP contribution >= 0.6 is 11.3 Å². The van der Waals surface area contributed by atoms with Gasteiger partial charge in [-0.05, 0) is 49.8 Å². The number of nitrogens with one attached hydrogen (secondary N) is 1. The fourth-order valence-electron chi connectivity index (χ4n) is 5.34. The monoisotopic (exact) mass is 463 g/mol. The predicted octanol–water partition coefficient (Wildman–Crippen LogP) is 5.66. The van der Waals surface area contributed by atoms with Crippen molar-refractivity contribution in [2.24, 2.45) is 0 Å². The summed E-state index contributed by atoms with van der Waals surface area (Å²) in [4.78, 5) is 29.5. The predicted molar refractivity (Wildman–Crippen MR) is 134 cm³/mol. The van der Waals surface area contributed by atoms with Crippen LogP contribution in [-0.2, 0) is 17.9 Å². The van der Waals surface area contributed by atoms with Crippen molar-refractivity contribution < 1.29 is 9.59 Å². The van der Waals surface area contributed by atoms with E-state index in [9.17, 15) is 9.59 Å². The molecule has 0 bridgehead atoms. The van der Waals surface area contributed by atoms with Gasteiger partial charge in [0, 0.05) is 12.6 Å². The third-order valence-electron chi connectivity index (χ3n) is 7.44. The van der Waals surface area contributed by atoms with Crippen molar-refractivity contribution in [1.82, 2.24) is 14.8 Å². The molecule has 1 saturated carbocycles. The Balaban J connectivity index is 1.49. The second-order valence-electron chi connectivity index (χ2n) is 9.95. The highest BCUT2D eigenvalue weighted by Crippen LogP contribution is 2.35. The van der Waals surface area contributed by atoms with Crippen LogP contribution in [0.25, 0.3) is 10.2 Å². The number of nitrogens with zero attached hydrogens (tertiary/aromatic N) is 2. The normalized spacial score (nSPS) is 22.1. The number of benzene rings is 1. The first-order valence-electron chi connectivity index (χ1n) is 12.2. The van der Waals surface area contributed by atoms with Crippen LogP contribution in [-0.4, -0.2) is 32.9 Å². The molecule has 2 amide bonds. The highest BCUT2D eigenvalue weighted by atomic mass is 32.1. The average molecular weight is 464 g/mol. The third-order valence-corrected chi connectivity index (χ3v) is 8.29. The summed E-state index contributed by atoms with van der Waals surface area (Å²) >= 11 is 1.64. The van der Waals surface area contributed by atoms with Crippen molar-refractivity contribution in [3.8, 4) is 0 Å². The van der Waals surface area contributed by atoms with E-state index in [-0.39, 0.29) is 17.9 Å². The van der Waals surface area contributed by atoms with E-state index in [0.29, 0.717) is 18.8 Å². The summed E-state index contributed by atoms with van der Waals surface area (Å²) in [7, 11) is 0. The van der Waals surface area contributed by atoms with Gasteiger partial charge < -0.3 is 14.8 Å². The number of thiophene rings is 1. The lowest BCUT2D eigenvalue weighted by Gasteiger charge is -2.44. The van der Waals surface area contributed by atoms with E-state index in [1.165, 1.54) is 24.8 Å². The summed E-state index contributed by atoms with van der Waals surface area (Å²) in [5.41, 5.74) is 3.00. The molecular weight excluding hydrogens is 430 g/mol. The molecule has 1 fully saturated rings. The number of rotatable bonds is 4. The van der Waals surface area contributed by atoms with E-state index in [2.05, 4.69) is 47.1 Å². The summed E-state index contributed by atoms with van der Waals surface area (Å²) in [6.07, 6.45) is 8.14. The number of hydrogen-bond donors (Lipinski definition) is 1. The van der Waals surface area contributed by atoms with E-state index < -0.39 is 5.54 Å². The van der Waals surface area contributed by atoms with Gasteiger partial charge in [-0.25, -0.2) is 0 Å². The maximum absolute atomic E-state index is 13.9. The van der Waals surface area contributed by atoms with Gasteiger partial charge in [0.25, 0.3) is 5.91 Å². The molecule has 174 valence electrons. The summed E-state index contributed by atoms with van der Waals surface area (Å²) in [6.45, 7) is 4.89. The van der Waals surface area contributed by atoms with Crippen LogP contribution in [0.5, 0.6) is 0 Å². The van der Waals surface area contributed by atoms with Gasteiger partial charge in [-0.2, -0.15) is 0 Å². The van der Waals surface area contributed by atoms with E-state index >= 15 is 0 Å².